The van der Waals surface area contributed by atoms with Gasteiger partial charge >= 0.3 is 0 Å². The quantitative estimate of drug-likeness (QED) is 0.575. The average molecular weight is 448 g/mol. The van der Waals surface area contributed by atoms with Crippen LogP contribution >= 0.6 is 23.2 Å². The summed E-state index contributed by atoms with van der Waals surface area (Å²) in [6.45, 7) is 1.84. The Labute approximate surface area is 183 Å². The second kappa shape index (κ2) is 8.28. The van der Waals surface area contributed by atoms with Gasteiger partial charge in [-0.1, -0.05) is 23.2 Å². The average Bonchev–Trinajstić information content (AvgIpc) is 2.90. The number of halogens is 3. The van der Waals surface area contributed by atoms with Crippen molar-refractivity contribution in [3.8, 4) is 0 Å². The van der Waals surface area contributed by atoms with E-state index in [0.717, 1.165) is 10.9 Å². The summed E-state index contributed by atoms with van der Waals surface area (Å²) in [5.41, 5.74) is 1.64. The van der Waals surface area contributed by atoms with Gasteiger partial charge in [-0.15, -0.1) is 0 Å². The molecule has 5 nitrogen and oxygen atoms in total. The van der Waals surface area contributed by atoms with E-state index in [-0.39, 0.29) is 17.6 Å². The number of aromatic nitrogens is 1. The molecule has 30 heavy (non-hydrogen) atoms. The summed E-state index contributed by atoms with van der Waals surface area (Å²) in [7, 11) is 1.79. The van der Waals surface area contributed by atoms with Crippen molar-refractivity contribution in [3.05, 3.63) is 69.6 Å². The van der Waals surface area contributed by atoms with Gasteiger partial charge in [0.15, 0.2) is 0 Å². The van der Waals surface area contributed by atoms with Crippen LogP contribution < -0.4 is 0 Å². The number of rotatable bonds is 2. The second-order valence-electron chi connectivity index (χ2n) is 7.33. The lowest BCUT2D eigenvalue weighted by atomic mass is 10.2. The molecule has 1 aliphatic rings. The predicted molar refractivity (Wildman–Crippen MR) is 116 cm³/mol. The van der Waals surface area contributed by atoms with E-state index < -0.39 is 0 Å². The molecule has 0 radical (unpaired) electrons. The van der Waals surface area contributed by atoms with Gasteiger partial charge < -0.3 is 14.4 Å². The molecule has 3 aromatic rings. The Kier molecular flexibility index (Phi) is 5.71. The zero-order chi connectivity index (χ0) is 21.4. The Hall–Kier alpha value is -2.57. The number of carbonyl (C=O) groups is 2. The summed E-state index contributed by atoms with van der Waals surface area (Å²) in [6, 6.07) is 10.8. The van der Waals surface area contributed by atoms with Crippen LogP contribution in [-0.4, -0.2) is 52.4 Å². The topological polar surface area (TPSA) is 45.6 Å². The van der Waals surface area contributed by atoms with Crippen LogP contribution in [0, 0.1) is 5.82 Å². The minimum absolute atomic E-state index is 0.165. The first-order valence-electron chi connectivity index (χ1n) is 9.64. The highest BCUT2D eigenvalue weighted by Crippen LogP contribution is 2.32. The van der Waals surface area contributed by atoms with Crippen LogP contribution in [0.1, 0.15) is 27.3 Å². The molecule has 1 aliphatic heterocycles. The molecule has 2 heterocycles. The zero-order valence-electron chi connectivity index (χ0n) is 16.4. The maximum Gasteiger partial charge on any atom is 0.272 e. The third-order valence-corrected chi connectivity index (χ3v) is 6.08. The second-order valence-corrected chi connectivity index (χ2v) is 8.14. The predicted octanol–water partition coefficient (Wildman–Crippen LogP) is 4.61. The summed E-state index contributed by atoms with van der Waals surface area (Å²) in [6.07, 6.45) is 0.645. The molecule has 156 valence electrons. The zero-order valence-corrected chi connectivity index (χ0v) is 17.9. The van der Waals surface area contributed by atoms with Gasteiger partial charge in [-0.05, 0) is 48.9 Å². The van der Waals surface area contributed by atoms with Crippen LogP contribution in [0.2, 0.25) is 10.0 Å². The van der Waals surface area contributed by atoms with Crippen molar-refractivity contribution in [1.82, 2.24) is 14.4 Å². The number of fused-ring (bicyclic) bond motifs is 1. The molecule has 8 heteroatoms. The molecule has 0 aliphatic carbocycles. The van der Waals surface area contributed by atoms with Crippen molar-refractivity contribution < 1.29 is 14.0 Å². The Bertz CT molecular complexity index is 1130. The summed E-state index contributed by atoms with van der Waals surface area (Å²) in [5, 5.41) is 1.75. The fraction of sp³-hybridized carbons (Fsp3) is 0.273. The van der Waals surface area contributed by atoms with Crippen molar-refractivity contribution in [3.63, 3.8) is 0 Å². The van der Waals surface area contributed by atoms with Crippen molar-refractivity contribution in [2.45, 2.75) is 6.42 Å². The Morgan fingerprint density at radius 1 is 0.900 bits per heavy atom. The lowest BCUT2D eigenvalue weighted by molar-refractivity contribution is 0.0714. The maximum atomic E-state index is 13.3. The van der Waals surface area contributed by atoms with Crippen LogP contribution in [0.3, 0.4) is 0 Å². The van der Waals surface area contributed by atoms with E-state index in [2.05, 4.69) is 0 Å². The molecule has 0 bridgehead atoms. The number of hydrogen-bond acceptors (Lipinski definition) is 2. The van der Waals surface area contributed by atoms with Gasteiger partial charge in [0.2, 0.25) is 0 Å². The van der Waals surface area contributed by atoms with E-state index in [0.29, 0.717) is 53.9 Å². The molecule has 0 saturated carbocycles. The standard InChI is InChI=1S/C22H20Cl2FN3O2/c1-26-18-13-15(23)5-8-17(18)19(24)20(26)22(30)28-10-2-9-27(11-12-28)21(29)14-3-6-16(25)7-4-14/h3-8,13H,2,9-12H2,1H3. The van der Waals surface area contributed by atoms with E-state index in [4.69, 9.17) is 23.2 Å². The Morgan fingerprint density at radius 3 is 2.20 bits per heavy atom. The molecule has 2 amide bonds. The molecule has 2 aromatic carbocycles. The van der Waals surface area contributed by atoms with E-state index in [9.17, 15) is 14.0 Å². The lowest BCUT2D eigenvalue weighted by Crippen LogP contribution is -2.38. The van der Waals surface area contributed by atoms with Gasteiger partial charge in [0.1, 0.15) is 11.5 Å². The number of aryl methyl sites for hydroxylation is 1. The first-order valence-corrected chi connectivity index (χ1v) is 10.4. The fourth-order valence-electron chi connectivity index (χ4n) is 3.85. The molecule has 0 N–H and O–H groups in total. The number of hydrogen-bond donors (Lipinski definition) is 0. The van der Waals surface area contributed by atoms with Crippen molar-refractivity contribution >= 4 is 45.9 Å². The normalized spacial score (nSPS) is 14.8. The number of benzene rings is 2. The number of amides is 2. The Balaban J connectivity index is 1.53. The largest absolute Gasteiger partial charge is 0.338 e. The highest BCUT2D eigenvalue weighted by Gasteiger charge is 2.28. The fourth-order valence-corrected chi connectivity index (χ4v) is 4.38. The third-order valence-electron chi connectivity index (χ3n) is 5.46. The van der Waals surface area contributed by atoms with E-state index >= 15 is 0 Å². The minimum atomic E-state index is -0.382. The molecule has 1 fully saturated rings. The summed E-state index contributed by atoms with van der Waals surface area (Å²) >= 11 is 12.6. The summed E-state index contributed by atoms with van der Waals surface area (Å²) in [4.78, 5) is 29.4. The first-order chi connectivity index (χ1) is 14.4. The van der Waals surface area contributed by atoms with Crippen LogP contribution in [0.5, 0.6) is 0 Å². The van der Waals surface area contributed by atoms with Crippen molar-refractivity contribution in [2.24, 2.45) is 7.05 Å². The lowest BCUT2D eigenvalue weighted by Gasteiger charge is -2.22. The van der Waals surface area contributed by atoms with Gasteiger partial charge in [0.05, 0.1) is 10.5 Å². The molecule has 0 atom stereocenters. The van der Waals surface area contributed by atoms with Crippen molar-refractivity contribution in [1.29, 1.82) is 0 Å². The van der Waals surface area contributed by atoms with Crippen LogP contribution in [0.4, 0.5) is 4.39 Å². The van der Waals surface area contributed by atoms with Crippen molar-refractivity contribution in [2.75, 3.05) is 26.2 Å². The third kappa shape index (κ3) is 3.77. The van der Waals surface area contributed by atoms with E-state index in [1.165, 1.54) is 24.3 Å². The summed E-state index contributed by atoms with van der Waals surface area (Å²) < 4.78 is 14.9. The highest BCUT2D eigenvalue weighted by molar-refractivity contribution is 6.39. The van der Waals surface area contributed by atoms with Gasteiger partial charge in [-0.2, -0.15) is 0 Å². The van der Waals surface area contributed by atoms with Crippen LogP contribution in [0.15, 0.2) is 42.5 Å². The number of nitrogens with zero attached hydrogens (tertiary/aromatic N) is 3. The number of carbonyl (C=O) groups excluding carboxylic acids is 2. The van der Waals surface area contributed by atoms with Gasteiger partial charge in [-0.25, -0.2) is 4.39 Å². The Morgan fingerprint density at radius 2 is 1.53 bits per heavy atom. The monoisotopic (exact) mass is 447 g/mol. The van der Waals surface area contributed by atoms with Gasteiger partial charge in [0, 0.05) is 49.2 Å². The molecular weight excluding hydrogens is 428 g/mol. The maximum absolute atomic E-state index is 13.3. The smallest absolute Gasteiger partial charge is 0.272 e. The SMILES string of the molecule is Cn1c(C(=O)N2CCCN(C(=O)c3ccc(F)cc3)CC2)c(Cl)c2ccc(Cl)cc21. The molecule has 0 unspecified atom stereocenters. The molecule has 4 rings (SSSR count). The molecule has 0 spiro atoms. The molecule has 1 saturated heterocycles. The highest BCUT2D eigenvalue weighted by atomic mass is 35.5. The molecule has 1 aromatic heterocycles. The van der Waals surface area contributed by atoms with Gasteiger partial charge in [-0.3, -0.25) is 9.59 Å². The minimum Gasteiger partial charge on any atom is -0.338 e. The first kappa shape index (κ1) is 20.7. The van der Waals surface area contributed by atoms with Gasteiger partial charge in [0.25, 0.3) is 11.8 Å². The summed E-state index contributed by atoms with van der Waals surface area (Å²) in [5.74, 6) is -0.722. The van der Waals surface area contributed by atoms with E-state index in [1.807, 2.05) is 6.07 Å². The van der Waals surface area contributed by atoms with Crippen LogP contribution in [0.25, 0.3) is 10.9 Å². The van der Waals surface area contributed by atoms with Crippen LogP contribution in [-0.2, 0) is 7.05 Å². The molecular formula is C22H20Cl2FN3O2. The van der Waals surface area contributed by atoms with E-state index in [1.54, 1.807) is 33.5 Å².